The van der Waals surface area contributed by atoms with E-state index in [-0.39, 0.29) is 18.7 Å². The van der Waals surface area contributed by atoms with Crippen molar-refractivity contribution in [1.82, 2.24) is 14.9 Å². The summed E-state index contributed by atoms with van der Waals surface area (Å²) in [6.07, 6.45) is 1.52. The van der Waals surface area contributed by atoms with Crippen LogP contribution >= 0.6 is 11.3 Å². The van der Waals surface area contributed by atoms with Crippen molar-refractivity contribution in [1.29, 1.82) is 0 Å². The predicted molar refractivity (Wildman–Crippen MR) is 83.1 cm³/mol. The highest BCUT2D eigenvalue weighted by atomic mass is 32.1. The normalized spacial score (nSPS) is 15.3. The van der Waals surface area contributed by atoms with Crippen molar-refractivity contribution in [2.75, 3.05) is 31.1 Å². The average molecular weight is 320 g/mol. The number of fused-ring (bicyclic) bond motifs is 1. The van der Waals surface area contributed by atoms with Crippen molar-refractivity contribution in [3.63, 3.8) is 0 Å². The molecule has 0 radical (unpaired) electrons. The van der Waals surface area contributed by atoms with E-state index in [0.717, 1.165) is 16.0 Å². The molecule has 2 aromatic heterocycles. The molecule has 116 valence electrons. The molecule has 0 aliphatic carbocycles. The first-order valence-corrected chi connectivity index (χ1v) is 7.96. The number of carbonyl (C=O) groups is 2. The van der Waals surface area contributed by atoms with Crippen LogP contribution in [0.3, 0.4) is 0 Å². The Morgan fingerprint density at radius 2 is 1.95 bits per heavy atom. The quantitative estimate of drug-likeness (QED) is 0.911. The molecule has 0 atom stereocenters. The molecule has 0 spiro atoms. The first-order valence-electron chi connectivity index (χ1n) is 7.08. The number of anilines is 1. The number of thiophene rings is 1. The van der Waals surface area contributed by atoms with Crippen molar-refractivity contribution >= 4 is 39.2 Å². The van der Waals surface area contributed by atoms with Crippen LogP contribution in [0.15, 0.2) is 17.8 Å². The second kappa shape index (κ2) is 6.27. The predicted octanol–water partition coefficient (Wildman–Crippen LogP) is 1.20. The summed E-state index contributed by atoms with van der Waals surface area (Å²) in [5, 5.41) is 11.7. The Hall–Kier alpha value is -2.22. The van der Waals surface area contributed by atoms with Gasteiger partial charge in [-0.3, -0.25) is 9.59 Å². The molecule has 8 heteroatoms. The van der Waals surface area contributed by atoms with Crippen molar-refractivity contribution in [2.24, 2.45) is 0 Å². The van der Waals surface area contributed by atoms with Gasteiger partial charge in [0.05, 0.1) is 11.8 Å². The summed E-state index contributed by atoms with van der Waals surface area (Å²) in [5.41, 5.74) is 0. The van der Waals surface area contributed by atoms with Crippen LogP contribution in [0.5, 0.6) is 0 Å². The molecule has 2 aromatic rings. The largest absolute Gasteiger partial charge is 0.481 e. The molecule has 1 N–H and O–H groups in total. The topological polar surface area (TPSA) is 86.6 Å². The molecule has 0 saturated carbocycles. The summed E-state index contributed by atoms with van der Waals surface area (Å²) in [6.45, 7) is 2.57. The standard InChI is InChI=1S/C14H16N4O3S/c19-11(1-2-12(20)21)17-4-6-18(7-5-17)13-10-3-8-22-14(10)16-9-15-13/h3,8-9H,1-2,4-7H2,(H,20,21). The molecule has 3 rings (SSSR count). The molecule has 7 nitrogen and oxygen atoms in total. The van der Waals surface area contributed by atoms with E-state index in [9.17, 15) is 9.59 Å². The van der Waals surface area contributed by atoms with Crippen molar-refractivity contribution in [3.05, 3.63) is 17.8 Å². The molecule has 22 heavy (non-hydrogen) atoms. The van der Waals surface area contributed by atoms with Crippen LogP contribution in [0.1, 0.15) is 12.8 Å². The number of carboxylic acids is 1. The molecule has 0 unspecified atom stereocenters. The first-order chi connectivity index (χ1) is 10.6. The molecule has 0 aromatic carbocycles. The molecule has 3 heterocycles. The van der Waals surface area contributed by atoms with Crippen LogP contribution in [0.4, 0.5) is 5.82 Å². The molecule has 1 aliphatic heterocycles. The zero-order valence-electron chi connectivity index (χ0n) is 11.9. The van der Waals surface area contributed by atoms with Gasteiger partial charge in [-0.1, -0.05) is 0 Å². The van der Waals surface area contributed by atoms with E-state index in [1.54, 1.807) is 22.6 Å². The van der Waals surface area contributed by atoms with E-state index in [1.807, 2.05) is 11.4 Å². The maximum absolute atomic E-state index is 11.9. The smallest absolute Gasteiger partial charge is 0.303 e. The molecular weight excluding hydrogens is 304 g/mol. The molecule has 1 amide bonds. The van der Waals surface area contributed by atoms with Gasteiger partial charge >= 0.3 is 5.97 Å². The highest BCUT2D eigenvalue weighted by molar-refractivity contribution is 7.16. The number of carbonyl (C=O) groups excluding carboxylic acids is 1. The Morgan fingerprint density at radius 3 is 2.68 bits per heavy atom. The fraction of sp³-hybridized carbons (Fsp3) is 0.429. The summed E-state index contributed by atoms with van der Waals surface area (Å²) in [7, 11) is 0. The summed E-state index contributed by atoms with van der Waals surface area (Å²) >= 11 is 1.58. The average Bonchev–Trinajstić information content (AvgIpc) is 3.01. The lowest BCUT2D eigenvalue weighted by molar-refractivity contribution is -0.141. The number of rotatable bonds is 4. The van der Waals surface area contributed by atoms with E-state index in [4.69, 9.17) is 5.11 Å². The Morgan fingerprint density at radius 1 is 1.18 bits per heavy atom. The number of hydrogen-bond donors (Lipinski definition) is 1. The van der Waals surface area contributed by atoms with E-state index < -0.39 is 5.97 Å². The molecule has 0 bridgehead atoms. The van der Waals surface area contributed by atoms with Crippen LogP contribution in [0.2, 0.25) is 0 Å². The molecule has 1 saturated heterocycles. The van der Waals surface area contributed by atoms with Crippen molar-refractivity contribution in [2.45, 2.75) is 12.8 Å². The van der Waals surface area contributed by atoms with Gasteiger partial charge in [-0.25, -0.2) is 9.97 Å². The zero-order chi connectivity index (χ0) is 15.5. The lowest BCUT2D eigenvalue weighted by Gasteiger charge is -2.35. The van der Waals surface area contributed by atoms with Gasteiger partial charge < -0.3 is 14.9 Å². The Kier molecular flexibility index (Phi) is 4.19. The number of hydrogen-bond acceptors (Lipinski definition) is 6. The lowest BCUT2D eigenvalue weighted by Crippen LogP contribution is -2.49. The third-order valence-corrected chi connectivity index (χ3v) is 4.55. The minimum absolute atomic E-state index is 0.0671. The fourth-order valence-electron chi connectivity index (χ4n) is 2.57. The second-order valence-corrected chi connectivity index (χ2v) is 5.99. The number of aliphatic carboxylic acids is 1. The number of nitrogens with zero attached hydrogens (tertiary/aromatic N) is 4. The zero-order valence-corrected chi connectivity index (χ0v) is 12.8. The summed E-state index contributed by atoms with van der Waals surface area (Å²) in [5.74, 6) is -0.123. The Labute approximate surface area is 131 Å². The molecular formula is C14H16N4O3S. The van der Waals surface area contributed by atoms with Crippen molar-refractivity contribution < 1.29 is 14.7 Å². The van der Waals surface area contributed by atoms with Gasteiger partial charge in [0.2, 0.25) is 5.91 Å². The van der Waals surface area contributed by atoms with Crippen LogP contribution in [0.25, 0.3) is 10.2 Å². The van der Waals surface area contributed by atoms with Gasteiger partial charge in [-0.15, -0.1) is 11.3 Å². The van der Waals surface area contributed by atoms with Crippen LogP contribution < -0.4 is 4.90 Å². The highest BCUT2D eigenvalue weighted by Gasteiger charge is 2.23. The minimum atomic E-state index is -0.937. The van der Waals surface area contributed by atoms with Crippen LogP contribution in [-0.4, -0.2) is 58.0 Å². The van der Waals surface area contributed by atoms with Crippen molar-refractivity contribution in [3.8, 4) is 0 Å². The van der Waals surface area contributed by atoms with Crippen LogP contribution in [-0.2, 0) is 9.59 Å². The lowest BCUT2D eigenvalue weighted by atomic mass is 10.2. The van der Waals surface area contributed by atoms with Gasteiger partial charge in [-0.2, -0.15) is 0 Å². The van der Waals surface area contributed by atoms with E-state index in [1.165, 1.54) is 0 Å². The van der Waals surface area contributed by atoms with E-state index in [0.29, 0.717) is 26.2 Å². The monoisotopic (exact) mass is 320 g/mol. The van der Waals surface area contributed by atoms with Gasteiger partial charge in [0.1, 0.15) is 17.0 Å². The maximum atomic E-state index is 11.9. The van der Waals surface area contributed by atoms with E-state index >= 15 is 0 Å². The van der Waals surface area contributed by atoms with Gasteiger partial charge in [0, 0.05) is 32.6 Å². The van der Waals surface area contributed by atoms with Crippen LogP contribution in [0, 0.1) is 0 Å². The summed E-state index contributed by atoms with van der Waals surface area (Å²) in [6, 6.07) is 2.01. The fourth-order valence-corrected chi connectivity index (χ4v) is 3.30. The number of aromatic nitrogens is 2. The summed E-state index contributed by atoms with van der Waals surface area (Å²) in [4.78, 5) is 35.9. The SMILES string of the molecule is O=C(O)CCC(=O)N1CCN(c2ncnc3sccc23)CC1. The first kappa shape index (κ1) is 14.7. The Bertz CT molecular complexity index is 694. The van der Waals surface area contributed by atoms with Gasteiger partial charge in [0.15, 0.2) is 0 Å². The number of amides is 1. The highest BCUT2D eigenvalue weighted by Crippen LogP contribution is 2.27. The number of carboxylic acid groups (broad SMARTS) is 1. The minimum Gasteiger partial charge on any atom is -0.481 e. The molecule has 1 aliphatic rings. The second-order valence-electron chi connectivity index (χ2n) is 5.10. The third-order valence-electron chi connectivity index (χ3n) is 3.73. The number of piperazine rings is 1. The molecule has 1 fully saturated rings. The third kappa shape index (κ3) is 3.01. The maximum Gasteiger partial charge on any atom is 0.303 e. The Balaban J connectivity index is 1.63. The van der Waals surface area contributed by atoms with E-state index in [2.05, 4.69) is 14.9 Å². The van der Waals surface area contributed by atoms with Gasteiger partial charge in [-0.05, 0) is 11.4 Å². The summed E-state index contributed by atoms with van der Waals surface area (Å²) < 4.78 is 0. The van der Waals surface area contributed by atoms with Gasteiger partial charge in [0.25, 0.3) is 0 Å².